The summed E-state index contributed by atoms with van der Waals surface area (Å²) in [6, 6.07) is 0. The van der Waals surface area contributed by atoms with Gasteiger partial charge in [-0.2, -0.15) is 4.98 Å². The van der Waals surface area contributed by atoms with Crippen molar-refractivity contribution in [1.29, 1.82) is 0 Å². The molecule has 1 aromatic heterocycles. The second-order valence-electron chi connectivity index (χ2n) is 5.00. The van der Waals surface area contributed by atoms with Gasteiger partial charge in [-0.3, -0.25) is 0 Å². The summed E-state index contributed by atoms with van der Waals surface area (Å²) in [7, 11) is 0. The molecule has 4 heteroatoms. The van der Waals surface area contributed by atoms with Gasteiger partial charge in [-0.05, 0) is 46.0 Å². The van der Waals surface area contributed by atoms with E-state index >= 15 is 0 Å². The number of hydrogen-bond donors (Lipinski definition) is 1. The highest BCUT2D eigenvalue weighted by atomic mass is 16.5. The molecule has 100 valence electrons. The highest BCUT2D eigenvalue weighted by Crippen LogP contribution is 2.27. The molecule has 0 radical (unpaired) electrons. The van der Waals surface area contributed by atoms with E-state index in [1.165, 1.54) is 12.8 Å². The largest absolute Gasteiger partial charge is 0.474 e. The van der Waals surface area contributed by atoms with Gasteiger partial charge in [0, 0.05) is 6.54 Å². The van der Waals surface area contributed by atoms with Crippen LogP contribution in [-0.2, 0) is 0 Å². The zero-order chi connectivity index (χ0) is 13.0. The first-order chi connectivity index (χ1) is 8.70. The quantitative estimate of drug-likeness (QED) is 0.870. The van der Waals surface area contributed by atoms with Gasteiger partial charge in [0.05, 0.1) is 5.56 Å². The molecule has 0 spiro atoms. The van der Waals surface area contributed by atoms with Crippen molar-refractivity contribution in [2.75, 3.05) is 11.9 Å². The van der Waals surface area contributed by atoms with Crippen LogP contribution in [0, 0.1) is 13.8 Å². The molecule has 1 saturated carbocycles. The summed E-state index contributed by atoms with van der Waals surface area (Å²) in [6.07, 6.45) is 6.28. The lowest BCUT2D eigenvalue weighted by molar-refractivity contribution is 0.199. The second-order valence-corrected chi connectivity index (χ2v) is 5.00. The fourth-order valence-corrected chi connectivity index (χ4v) is 2.30. The average Bonchev–Trinajstić information content (AvgIpc) is 2.84. The zero-order valence-electron chi connectivity index (χ0n) is 11.6. The van der Waals surface area contributed by atoms with Gasteiger partial charge in [-0.15, -0.1) is 0 Å². The predicted octanol–water partition coefficient (Wildman–Crippen LogP) is 3.24. The van der Waals surface area contributed by atoms with E-state index in [0.29, 0.717) is 6.10 Å². The molecule has 1 aromatic rings. The Hall–Kier alpha value is -1.32. The molecule has 0 unspecified atom stereocenters. The van der Waals surface area contributed by atoms with Crippen LogP contribution in [0.1, 0.15) is 50.4 Å². The smallest absolute Gasteiger partial charge is 0.222 e. The van der Waals surface area contributed by atoms with Gasteiger partial charge in [0.1, 0.15) is 17.7 Å². The molecule has 2 rings (SSSR count). The van der Waals surface area contributed by atoms with Crippen molar-refractivity contribution < 1.29 is 4.74 Å². The van der Waals surface area contributed by atoms with Crippen molar-refractivity contribution in [3.8, 4) is 5.88 Å². The third kappa shape index (κ3) is 3.12. The number of aryl methyl sites for hydroxylation is 1. The Morgan fingerprint density at radius 2 is 1.94 bits per heavy atom. The van der Waals surface area contributed by atoms with Gasteiger partial charge in [-0.1, -0.05) is 6.92 Å². The molecule has 0 atom stereocenters. The van der Waals surface area contributed by atoms with E-state index in [1.807, 2.05) is 13.8 Å². The van der Waals surface area contributed by atoms with Gasteiger partial charge < -0.3 is 10.1 Å². The maximum atomic E-state index is 6.02. The molecule has 0 amide bonds. The minimum Gasteiger partial charge on any atom is -0.474 e. The summed E-state index contributed by atoms with van der Waals surface area (Å²) >= 11 is 0. The van der Waals surface area contributed by atoms with Crippen LogP contribution in [0.15, 0.2) is 0 Å². The van der Waals surface area contributed by atoms with Gasteiger partial charge >= 0.3 is 0 Å². The summed E-state index contributed by atoms with van der Waals surface area (Å²) < 4.78 is 6.02. The van der Waals surface area contributed by atoms with Crippen LogP contribution in [-0.4, -0.2) is 22.6 Å². The molecule has 1 heterocycles. The number of nitrogens with one attached hydrogen (secondary N) is 1. The molecule has 1 aliphatic carbocycles. The lowest BCUT2D eigenvalue weighted by Gasteiger charge is -2.16. The van der Waals surface area contributed by atoms with E-state index in [2.05, 4.69) is 22.2 Å². The Labute approximate surface area is 109 Å². The number of anilines is 1. The normalized spacial score (nSPS) is 15.9. The fourth-order valence-electron chi connectivity index (χ4n) is 2.30. The van der Waals surface area contributed by atoms with E-state index in [-0.39, 0.29) is 0 Å². The molecule has 18 heavy (non-hydrogen) atoms. The van der Waals surface area contributed by atoms with Crippen LogP contribution in [0.4, 0.5) is 5.82 Å². The Balaban J connectivity index is 2.14. The number of aromatic nitrogens is 2. The third-order valence-electron chi connectivity index (χ3n) is 3.34. The maximum Gasteiger partial charge on any atom is 0.222 e. The van der Waals surface area contributed by atoms with E-state index < -0.39 is 0 Å². The summed E-state index contributed by atoms with van der Waals surface area (Å²) in [5, 5.41) is 3.34. The summed E-state index contributed by atoms with van der Waals surface area (Å²) in [5.41, 5.74) is 1.03. The highest BCUT2D eigenvalue weighted by Gasteiger charge is 2.19. The number of hydrogen-bond acceptors (Lipinski definition) is 4. The number of rotatable bonds is 5. The number of ether oxygens (including phenoxy) is 1. The van der Waals surface area contributed by atoms with Crippen molar-refractivity contribution in [2.24, 2.45) is 0 Å². The van der Waals surface area contributed by atoms with E-state index in [0.717, 1.165) is 48.9 Å². The lowest BCUT2D eigenvalue weighted by atomic mass is 10.3. The molecule has 0 bridgehead atoms. The van der Waals surface area contributed by atoms with Crippen molar-refractivity contribution >= 4 is 5.82 Å². The fraction of sp³-hybridized carbons (Fsp3) is 0.714. The maximum absolute atomic E-state index is 6.02. The molecule has 1 fully saturated rings. The average molecular weight is 249 g/mol. The first kappa shape index (κ1) is 13.1. The molecule has 0 aliphatic heterocycles. The van der Waals surface area contributed by atoms with Crippen molar-refractivity contribution in [2.45, 2.75) is 59.0 Å². The summed E-state index contributed by atoms with van der Waals surface area (Å²) in [4.78, 5) is 8.87. The minimum absolute atomic E-state index is 0.344. The van der Waals surface area contributed by atoms with Crippen LogP contribution in [0.3, 0.4) is 0 Å². The Bertz CT molecular complexity index is 400. The Morgan fingerprint density at radius 3 is 2.61 bits per heavy atom. The lowest BCUT2D eigenvalue weighted by Crippen LogP contribution is -2.15. The summed E-state index contributed by atoms with van der Waals surface area (Å²) in [6.45, 7) is 7.02. The monoisotopic (exact) mass is 249 g/mol. The van der Waals surface area contributed by atoms with Crippen molar-refractivity contribution in [3.63, 3.8) is 0 Å². The van der Waals surface area contributed by atoms with Gasteiger partial charge in [0.25, 0.3) is 0 Å². The SMILES string of the molecule is CCCNc1nc(C)nc(OC2CCCC2)c1C. The molecule has 1 N–H and O–H groups in total. The zero-order valence-corrected chi connectivity index (χ0v) is 11.6. The molecule has 4 nitrogen and oxygen atoms in total. The number of nitrogens with zero attached hydrogens (tertiary/aromatic N) is 2. The van der Waals surface area contributed by atoms with Crippen molar-refractivity contribution in [3.05, 3.63) is 11.4 Å². The molecule has 0 aromatic carbocycles. The summed E-state index contributed by atoms with van der Waals surface area (Å²) in [5.74, 6) is 2.44. The first-order valence-electron chi connectivity index (χ1n) is 6.96. The molecular weight excluding hydrogens is 226 g/mol. The van der Waals surface area contributed by atoms with E-state index in [1.54, 1.807) is 0 Å². The Morgan fingerprint density at radius 1 is 1.22 bits per heavy atom. The first-order valence-corrected chi connectivity index (χ1v) is 6.96. The van der Waals surface area contributed by atoms with Crippen LogP contribution >= 0.6 is 0 Å². The van der Waals surface area contributed by atoms with E-state index in [9.17, 15) is 0 Å². The molecule has 1 aliphatic rings. The molecule has 0 saturated heterocycles. The molecular formula is C14H23N3O. The van der Waals surface area contributed by atoms with Crippen LogP contribution in [0.5, 0.6) is 5.88 Å². The van der Waals surface area contributed by atoms with Gasteiger partial charge in [0.15, 0.2) is 0 Å². The standard InChI is InChI=1S/C14H23N3O/c1-4-9-15-13-10(2)14(17-11(3)16-13)18-12-7-5-6-8-12/h12H,4-9H2,1-3H3,(H,15,16,17). The van der Waals surface area contributed by atoms with Crippen molar-refractivity contribution in [1.82, 2.24) is 9.97 Å². The highest BCUT2D eigenvalue weighted by molar-refractivity contribution is 5.48. The van der Waals surface area contributed by atoms with E-state index in [4.69, 9.17) is 4.74 Å². The third-order valence-corrected chi connectivity index (χ3v) is 3.34. The second kappa shape index (κ2) is 6.03. The van der Waals surface area contributed by atoms with Crippen LogP contribution in [0.25, 0.3) is 0 Å². The topological polar surface area (TPSA) is 47.0 Å². The van der Waals surface area contributed by atoms with Crippen LogP contribution < -0.4 is 10.1 Å². The Kier molecular flexibility index (Phi) is 4.39. The van der Waals surface area contributed by atoms with Crippen LogP contribution in [0.2, 0.25) is 0 Å². The van der Waals surface area contributed by atoms with Gasteiger partial charge in [0.2, 0.25) is 5.88 Å². The predicted molar refractivity (Wildman–Crippen MR) is 73.2 cm³/mol. The minimum atomic E-state index is 0.344. The van der Waals surface area contributed by atoms with Gasteiger partial charge in [-0.25, -0.2) is 4.98 Å².